The van der Waals surface area contributed by atoms with Crippen molar-refractivity contribution in [2.75, 3.05) is 5.32 Å². The van der Waals surface area contributed by atoms with Crippen LogP contribution in [0.3, 0.4) is 0 Å². The molecule has 2 N–H and O–H groups in total. The summed E-state index contributed by atoms with van der Waals surface area (Å²) in [5.74, 6) is -0.362. The largest absolute Gasteiger partial charge is 0.385 e. The van der Waals surface area contributed by atoms with Crippen molar-refractivity contribution in [2.24, 2.45) is 0 Å². The highest BCUT2D eigenvalue weighted by molar-refractivity contribution is 5.92. The lowest BCUT2D eigenvalue weighted by atomic mass is 9.87. The fraction of sp³-hybridized carbons (Fsp3) is 0.429. The fourth-order valence-corrected chi connectivity index (χ4v) is 1.90. The van der Waals surface area contributed by atoms with E-state index in [4.69, 9.17) is 5.26 Å². The van der Waals surface area contributed by atoms with Crippen LogP contribution in [0.15, 0.2) is 24.3 Å². The highest BCUT2D eigenvalue weighted by Crippen LogP contribution is 2.33. The number of hydrogen-bond donors (Lipinski definition) is 2. The number of aliphatic hydroxyl groups is 1. The van der Waals surface area contributed by atoms with Gasteiger partial charge in [0.2, 0.25) is 5.91 Å². The van der Waals surface area contributed by atoms with Crippen LogP contribution in [0.25, 0.3) is 0 Å². The highest BCUT2D eigenvalue weighted by atomic mass is 16.3. The Morgan fingerprint density at radius 3 is 2.56 bits per heavy atom. The van der Waals surface area contributed by atoms with Gasteiger partial charge in [-0.2, -0.15) is 5.26 Å². The SMILES string of the molecule is CCC(O)(CC)c1ccccc1NC(=O)CC#N. The first kappa shape index (κ1) is 14.2. The molecule has 96 valence electrons. The number of nitrogens with zero attached hydrogens (tertiary/aromatic N) is 1. The van der Waals surface area contributed by atoms with Crippen molar-refractivity contribution in [1.82, 2.24) is 0 Å². The van der Waals surface area contributed by atoms with Crippen LogP contribution in [0.5, 0.6) is 0 Å². The van der Waals surface area contributed by atoms with E-state index in [1.54, 1.807) is 24.3 Å². The van der Waals surface area contributed by atoms with Gasteiger partial charge in [-0.25, -0.2) is 0 Å². The maximum absolute atomic E-state index is 11.5. The molecule has 0 saturated carbocycles. The lowest BCUT2D eigenvalue weighted by molar-refractivity contribution is -0.115. The molecule has 1 rings (SSSR count). The monoisotopic (exact) mass is 246 g/mol. The van der Waals surface area contributed by atoms with Crippen molar-refractivity contribution in [2.45, 2.75) is 38.7 Å². The number of benzene rings is 1. The Morgan fingerprint density at radius 2 is 2.00 bits per heavy atom. The maximum Gasteiger partial charge on any atom is 0.238 e. The van der Waals surface area contributed by atoms with E-state index < -0.39 is 5.60 Å². The first-order chi connectivity index (χ1) is 8.57. The molecule has 18 heavy (non-hydrogen) atoms. The number of nitrogens with one attached hydrogen (secondary N) is 1. The number of para-hydroxylation sites is 1. The van der Waals surface area contributed by atoms with Crippen molar-refractivity contribution >= 4 is 11.6 Å². The molecule has 1 amide bonds. The van der Waals surface area contributed by atoms with Crippen molar-refractivity contribution in [3.8, 4) is 6.07 Å². The lowest BCUT2D eigenvalue weighted by Crippen LogP contribution is -2.26. The minimum absolute atomic E-state index is 0.189. The molecule has 0 aromatic heterocycles. The molecule has 0 bridgehead atoms. The average Bonchev–Trinajstić information content (AvgIpc) is 2.39. The first-order valence-corrected chi connectivity index (χ1v) is 6.06. The molecule has 0 heterocycles. The van der Waals surface area contributed by atoms with Gasteiger partial charge >= 0.3 is 0 Å². The van der Waals surface area contributed by atoms with Gasteiger partial charge in [-0.1, -0.05) is 32.0 Å². The maximum atomic E-state index is 11.5. The molecule has 0 aliphatic carbocycles. The van der Waals surface area contributed by atoms with Crippen molar-refractivity contribution in [1.29, 1.82) is 5.26 Å². The molecule has 0 unspecified atom stereocenters. The zero-order valence-corrected chi connectivity index (χ0v) is 10.7. The van der Waals surface area contributed by atoms with Crippen molar-refractivity contribution in [3.63, 3.8) is 0 Å². The van der Waals surface area contributed by atoms with Gasteiger partial charge in [-0.05, 0) is 18.9 Å². The number of anilines is 1. The summed E-state index contributed by atoms with van der Waals surface area (Å²) in [6.45, 7) is 3.80. The van der Waals surface area contributed by atoms with Gasteiger partial charge in [0.15, 0.2) is 0 Å². The van der Waals surface area contributed by atoms with E-state index in [0.717, 1.165) is 0 Å². The molecule has 0 aliphatic heterocycles. The molecule has 0 atom stereocenters. The summed E-state index contributed by atoms with van der Waals surface area (Å²) in [6.07, 6.45) is 0.939. The molecule has 4 heteroatoms. The van der Waals surface area contributed by atoms with E-state index in [2.05, 4.69) is 5.32 Å². The summed E-state index contributed by atoms with van der Waals surface area (Å²) in [6, 6.07) is 8.95. The van der Waals surface area contributed by atoms with Gasteiger partial charge in [0.1, 0.15) is 6.42 Å². The van der Waals surface area contributed by atoms with Crippen LogP contribution in [-0.4, -0.2) is 11.0 Å². The molecule has 1 aromatic rings. The second kappa shape index (κ2) is 6.18. The van der Waals surface area contributed by atoms with Gasteiger partial charge in [0, 0.05) is 11.3 Å². The average molecular weight is 246 g/mol. The second-order valence-corrected chi connectivity index (χ2v) is 4.17. The Kier molecular flexibility index (Phi) is 4.87. The molecule has 4 nitrogen and oxygen atoms in total. The molecule has 0 fully saturated rings. The van der Waals surface area contributed by atoms with Crippen LogP contribution in [0.2, 0.25) is 0 Å². The molecule has 0 saturated heterocycles. The number of rotatable bonds is 5. The Bertz CT molecular complexity index is 459. The normalized spacial score (nSPS) is 10.8. The quantitative estimate of drug-likeness (QED) is 0.838. The van der Waals surface area contributed by atoms with Crippen LogP contribution in [-0.2, 0) is 10.4 Å². The van der Waals surface area contributed by atoms with E-state index in [-0.39, 0.29) is 12.3 Å². The van der Waals surface area contributed by atoms with Crippen LogP contribution in [0, 0.1) is 11.3 Å². The number of nitriles is 1. The predicted octanol–water partition coefficient (Wildman–Crippen LogP) is 2.55. The summed E-state index contributed by atoms with van der Waals surface area (Å²) >= 11 is 0. The van der Waals surface area contributed by atoms with E-state index >= 15 is 0 Å². The van der Waals surface area contributed by atoms with Crippen molar-refractivity contribution < 1.29 is 9.90 Å². The minimum Gasteiger partial charge on any atom is -0.385 e. The summed E-state index contributed by atoms with van der Waals surface area (Å²) in [5, 5.41) is 21.6. The summed E-state index contributed by atoms with van der Waals surface area (Å²) in [5.41, 5.74) is 0.321. The van der Waals surface area contributed by atoms with Crippen LogP contribution in [0.1, 0.15) is 38.7 Å². The van der Waals surface area contributed by atoms with Crippen LogP contribution >= 0.6 is 0 Å². The van der Waals surface area contributed by atoms with E-state index in [9.17, 15) is 9.90 Å². The Labute approximate surface area is 107 Å². The van der Waals surface area contributed by atoms with Crippen LogP contribution < -0.4 is 5.32 Å². The lowest BCUT2D eigenvalue weighted by Gasteiger charge is -2.28. The summed E-state index contributed by atoms with van der Waals surface area (Å²) < 4.78 is 0. The molecular formula is C14H18N2O2. The Hall–Kier alpha value is -1.86. The molecular weight excluding hydrogens is 228 g/mol. The third kappa shape index (κ3) is 3.08. The van der Waals surface area contributed by atoms with Crippen LogP contribution in [0.4, 0.5) is 5.69 Å². The second-order valence-electron chi connectivity index (χ2n) is 4.17. The van der Waals surface area contributed by atoms with Gasteiger partial charge in [0.25, 0.3) is 0 Å². The number of carbonyl (C=O) groups excluding carboxylic acids is 1. The van der Waals surface area contributed by atoms with Gasteiger partial charge in [-0.3, -0.25) is 4.79 Å². The molecule has 1 aromatic carbocycles. The minimum atomic E-state index is -0.948. The van der Waals surface area contributed by atoms with Crippen molar-refractivity contribution in [3.05, 3.63) is 29.8 Å². The van der Waals surface area contributed by atoms with E-state index in [0.29, 0.717) is 24.1 Å². The standard InChI is InChI=1S/C14H18N2O2/c1-3-14(18,4-2)11-7-5-6-8-12(11)16-13(17)9-10-15/h5-8,18H,3-4,9H2,1-2H3,(H,16,17). The topological polar surface area (TPSA) is 73.1 Å². The highest BCUT2D eigenvalue weighted by Gasteiger charge is 2.27. The van der Waals surface area contributed by atoms with E-state index in [1.807, 2.05) is 19.9 Å². The molecule has 0 radical (unpaired) electrons. The predicted molar refractivity (Wildman–Crippen MR) is 69.8 cm³/mol. The number of hydrogen-bond acceptors (Lipinski definition) is 3. The zero-order valence-electron chi connectivity index (χ0n) is 10.7. The summed E-state index contributed by atoms with van der Waals surface area (Å²) in [7, 11) is 0. The smallest absolute Gasteiger partial charge is 0.238 e. The fourth-order valence-electron chi connectivity index (χ4n) is 1.90. The number of amides is 1. The van der Waals surface area contributed by atoms with Gasteiger partial charge in [0.05, 0.1) is 11.7 Å². The zero-order chi connectivity index (χ0) is 13.6. The van der Waals surface area contributed by atoms with Gasteiger partial charge in [-0.15, -0.1) is 0 Å². The third-order valence-corrected chi connectivity index (χ3v) is 3.11. The molecule has 0 aliphatic rings. The summed E-state index contributed by atoms with van der Waals surface area (Å²) in [4.78, 5) is 11.5. The molecule has 0 spiro atoms. The van der Waals surface area contributed by atoms with Gasteiger partial charge < -0.3 is 10.4 Å². The first-order valence-electron chi connectivity index (χ1n) is 6.06. The number of carbonyl (C=O) groups is 1. The Morgan fingerprint density at radius 1 is 1.39 bits per heavy atom. The van der Waals surface area contributed by atoms with E-state index in [1.165, 1.54) is 0 Å². The third-order valence-electron chi connectivity index (χ3n) is 3.11. The Balaban J connectivity index is 3.07.